The minimum atomic E-state index is -0.858. The zero-order valence-electron chi connectivity index (χ0n) is 17.5. The molecule has 1 atom stereocenters. The summed E-state index contributed by atoms with van der Waals surface area (Å²) < 4.78 is 5.86. The lowest BCUT2D eigenvalue weighted by molar-refractivity contribution is -0.139. The monoisotopic (exact) mass is 414 g/mol. The van der Waals surface area contributed by atoms with Crippen molar-refractivity contribution in [3.8, 4) is 5.75 Å². The number of ether oxygens (including phenoxy) is 1. The number of rotatable bonds is 9. The molecule has 0 amide bonds. The first-order chi connectivity index (χ1) is 15.1. The van der Waals surface area contributed by atoms with E-state index in [2.05, 4.69) is 29.4 Å². The number of hydrogen-bond donors (Lipinski definition) is 3. The highest BCUT2D eigenvalue weighted by molar-refractivity contribution is 5.84. The van der Waals surface area contributed by atoms with Crippen molar-refractivity contribution >= 4 is 16.9 Å². The van der Waals surface area contributed by atoms with Crippen LogP contribution in [0.5, 0.6) is 5.75 Å². The summed E-state index contributed by atoms with van der Waals surface area (Å²) in [6.07, 6.45) is 2.31. The zero-order chi connectivity index (χ0) is 21.6. The molecule has 5 heteroatoms. The number of carboxylic acid groups (broad SMARTS) is 1. The Hall–Kier alpha value is -3.57. The van der Waals surface area contributed by atoms with Gasteiger partial charge in [0.05, 0.1) is 0 Å². The van der Waals surface area contributed by atoms with Gasteiger partial charge in [0.15, 0.2) is 0 Å². The van der Waals surface area contributed by atoms with Crippen LogP contribution in [0.15, 0.2) is 79.0 Å². The molecular formula is C26H26N2O3. The fourth-order valence-electron chi connectivity index (χ4n) is 3.68. The summed E-state index contributed by atoms with van der Waals surface area (Å²) in [6, 6.07) is 23.3. The number of nitrogens with one attached hydrogen (secondary N) is 2. The molecular weight excluding hydrogens is 388 g/mol. The van der Waals surface area contributed by atoms with E-state index in [1.165, 1.54) is 5.56 Å². The summed E-state index contributed by atoms with van der Waals surface area (Å²) in [5, 5.41) is 13.9. The molecule has 0 aliphatic heterocycles. The Bertz CT molecular complexity index is 1160. The summed E-state index contributed by atoms with van der Waals surface area (Å²) in [7, 11) is 0. The molecule has 0 aliphatic carbocycles. The van der Waals surface area contributed by atoms with Gasteiger partial charge in [-0.15, -0.1) is 0 Å². The van der Waals surface area contributed by atoms with E-state index in [0.717, 1.165) is 33.3 Å². The highest BCUT2D eigenvalue weighted by Gasteiger charge is 2.19. The smallest absolute Gasteiger partial charge is 0.321 e. The molecule has 31 heavy (non-hydrogen) atoms. The SMILES string of the molecule is Cc1cccc(COc2ccc(CNC(Cc3c[nH]c4ccccc34)C(=O)O)cc2)c1. The first kappa shape index (κ1) is 20.7. The number of hydrogen-bond acceptors (Lipinski definition) is 3. The fraction of sp³-hybridized carbons (Fsp3) is 0.192. The van der Waals surface area contributed by atoms with Crippen LogP contribution in [-0.4, -0.2) is 22.1 Å². The lowest BCUT2D eigenvalue weighted by Crippen LogP contribution is -2.38. The van der Waals surface area contributed by atoms with Crippen LogP contribution in [0.4, 0.5) is 0 Å². The molecule has 0 spiro atoms. The predicted octanol–water partition coefficient (Wildman–Crippen LogP) is 4.84. The van der Waals surface area contributed by atoms with Crippen LogP contribution in [0.2, 0.25) is 0 Å². The molecule has 3 N–H and O–H groups in total. The second-order valence-electron chi connectivity index (χ2n) is 7.76. The summed E-state index contributed by atoms with van der Waals surface area (Å²) in [5.74, 6) is -0.0674. The number of carbonyl (C=O) groups is 1. The van der Waals surface area contributed by atoms with E-state index in [0.29, 0.717) is 19.6 Å². The molecule has 3 aromatic carbocycles. The van der Waals surface area contributed by atoms with Crippen molar-refractivity contribution < 1.29 is 14.6 Å². The molecule has 4 aromatic rings. The van der Waals surface area contributed by atoms with Gasteiger partial charge in [0.1, 0.15) is 18.4 Å². The Morgan fingerprint density at radius 1 is 1.03 bits per heavy atom. The number of fused-ring (bicyclic) bond motifs is 1. The Kier molecular flexibility index (Phi) is 6.34. The van der Waals surface area contributed by atoms with E-state index in [4.69, 9.17) is 4.74 Å². The van der Waals surface area contributed by atoms with Crippen molar-refractivity contribution in [2.75, 3.05) is 0 Å². The zero-order valence-corrected chi connectivity index (χ0v) is 17.5. The van der Waals surface area contributed by atoms with Crippen LogP contribution in [-0.2, 0) is 24.4 Å². The second kappa shape index (κ2) is 9.49. The topological polar surface area (TPSA) is 74.3 Å². The largest absolute Gasteiger partial charge is 0.489 e. The van der Waals surface area contributed by atoms with Gasteiger partial charge in [0, 0.05) is 30.1 Å². The van der Waals surface area contributed by atoms with E-state index in [-0.39, 0.29) is 0 Å². The third-order valence-electron chi connectivity index (χ3n) is 5.36. The highest BCUT2D eigenvalue weighted by atomic mass is 16.5. The third kappa shape index (κ3) is 5.32. The maximum absolute atomic E-state index is 11.8. The van der Waals surface area contributed by atoms with E-state index in [1.54, 1.807) is 0 Å². The van der Waals surface area contributed by atoms with Crippen molar-refractivity contribution in [3.63, 3.8) is 0 Å². The first-order valence-electron chi connectivity index (χ1n) is 10.4. The van der Waals surface area contributed by atoms with Gasteiger partial charge in [0.25, 0.3) is 0 Å². The van der Waals surface area contributed by atoms with Crippen molar-refractivity contribution in [3.05, 3.63) is 101 Å². The molecule has 5 nitrogen and oxygen atoms in total. The van der Waals surface area contributed by atoms with Gasteiger partial charge < -0.3 is 20.1 Å². The fourth-order valence-corrected chi connectivity index (χ4v) is 3.68. The minimum Gasteiger partial charge on any atom is -0.489 e. The summed E-state index contributed by atoms with van der Waals surface area (Å²) in [5.41, 5.74) is 5.36. The number of aliphatic carboxylic acids is 1. The van der Waals surface area contributed by atoms with E-state index < -0.39 is 12.0 Å². The van der Waals surface area contributed by atoms with Gasteiger partial charge in [-0.25, -0.2) is 0 Å². The van der Waals surface area contributed by atoms with Crippen molar-refractivity contribution in [1.29, 1.82) is 0 Å². The summed E-state index contributed by atoms with van der Waals surface area (Å²) in [4.78, 5) is 15.0. The molecule has 158 valence electrons. The van der Waals surface area contributed by atoms with Gasteiger partial charge in [-0.05, 0) is 41.8 Å². The van der Waals surface area contributed by atoms with Gasteiger partial charge >= 0.3 is 5.97 Å². The molecule has 0 bridgehead atoms. The van der Waals surface area contributed by atoms with Gasteiger partial charge in [-0.3, -0.25) is 4.79 Å². The van der Waals surface area contributed by atoms with Crippen molar-refractivity contribution in [2.45, 2.75) is 32.5 Å². The van der Waals surface area contributed by atoms with Crippen molar-refractivity contribution in [2.24, 2.45) is 0 Å². The third-order valence-corrected chi connectivity index (χ3v) is 5.36. The van der Waals surface area contributed by atoms with Crippen LogP contribution >= 0.6 is 0 Å². The maximum Gasteiger partial charge on any atom is 0.321 e. The van der Waals surface area contributed by atoms with E-state index in [1.807, 2.05) is 66.9 Å². The van der Waals surface area contributed by atoms with Gasteiger partial charge in [-0.2, -0.15) is 0 Å². The first-order valence-corrected chi connectivity index (χ1v) is 10.4. The molecule has 1 aromatic heterocycles. The second-order valence-corrected chi connectivity index (χ2v) is 7.76. The number of para-hydroxylation sites is 1. The molecule has 0 saturated heterocycles. The predicted molar refractivity (Wildman–Crippen MR) is 122 cm³/mol. The average molecular weight is 415 g/mol. The Balaban J connectivity index is 1.34. The quantitative estimate of drug-likeness (QED) is 0.366. The minimum absolute atomic E-state index is 0.414. The molecule has 0 saturated carbocycles. The van der Waals surface area contributed by atoms with Crippen LogP contribution in [0.1, 0.15) is 22.3 Å². The Labute approximate surface area is 181 Å². The average Bonchev–Trinajstić information content (AvgIpc) is 3.19. The van der Waals surface area contributed by atoms with Gasteiger partial charge in [-0.1, -0.05) is 60.2 Å². The highest BCUT2D eigenvalue weighted by Crippen LogP contribution is 2.20. The van der Waals surface area contributed by atoms with Crippen LogP contribution in [0, 0.1) is 6.92 Å². The normalized spacial score (nSPS) is 12.0. The number of carboxylic acids is 1. The molecule has 0 radical (unpaired) electrons. The van der Waals surface area contributed by atoms with Crippen LogP contribution < -0.4 is 10.1 Å². The molecule has 4 rings (SSSR count). The summed E-state index contributed by atoms with van der Waals surface area (Å²) >= 11 is 0. The molecule has 1 unspecified atom stereocenters. The lowest BCUT2D eigenvalue weighted by atomic mass is 10.0. The van der Waals surface area contributed by atoms with E-state index >= 15 is 0 Å². The van der Waals surface area contributed by atoms with Crippen LogP contribution in [0.3, 0.4) is 0 Å². The Morgan fingerprint density at radius 3 is 2.61 bits per heavy atom. The number of H-pyrrole nitrogens is 1. The standard InChI is InChI=1S/C26H26N2O3/c1-18-5-4-6-20(13-18)17-31-22-11-9-19(10-12-22)15-27-25(26(29)30)14-21-16-28-24-8-3-2-7-23(21)24/h2-13,16,25,27-28H,14-15,17H2,1H3,(H,29,30). The number of aryl methyl sites for hydroxylation is 1. The maximum atomic E-state index is 11.8. The van der Waals surface area contributed by atoms with Gasteiger partial charge in [0.2, 0.25) is 0 Å². The van der Waals surface area contributed by atoms with Crippen LogP contribution in [0.25, 0.3) is 10.9 Å². The van der Waals surface area contributed by atoms with Crippen molar-refractivity contribution in [1.82, 2.24) is 10.3 Å². The number of aromatic amines is 1. The molecule has 1 heterocycles. The number of aromatic nitrogens is 1. The summed E-state index contributed by atoms with van der Waals surface area (Å²) in [6.45, 7) is 3.05. The molecule has 0 fully saturated rings. The number of benzene rings is 3. The lowest BCUT2D eigenvalue weighted by Gasteiger charge is -2.15. The Morgan fingerprint density at radius 2 is 1.84 bits per heavy atom. The van der Waals surface area contributed by atoms with E-state index in [9.17, 15) is 9.90 Å². The molecule has 0 aliphatic rings.